The van der Waals surface area contributed by atoms with Crippen LogP contribution in [0.15, 0.2) is 24.3 Å². The number of carbonyl (C=O) groups is 2. The van der Waals surface area contributed by atoms with Gasteiger partial charge in [-0.25, -0.2) is 9.18 Å². The number of benzene rings is 1. The van der Waals surface area contributed by atoms with Crippen molar-refractivity contribution in [3.8, 4) is 0 Å². The monoisotopic (exact) mass is 408 g/mol. The van der Waals surface area contributed by atoms with Crippen LogP contribution in [0, 0.1) is 5.82 Å². The summed E-state index contributed by atoms with van der Waals surface area (Å²) in [4.78, 5) is 30.5. The fraction of sp³-hybridized carbons (Fsp3) is 0.600. The maximum absolute atomic E-state index is 14.2. The number of thioether (sulfide) groups is 1. The molecule has 2 fully saturated rings. The van der Waals surface area contributed by atoms with Crippen LogP contribution in [0.1, 0.15) is 31.7 Å². The van der Waals surface area contributed by atoms with Gasteiger partial charge in [-0.2, -0.15) is 0 Å². The molecule has 6 nitrogen and oxygen atoms in total. The van der Waals surface area contributed by atoms with Crippen molar-refractivity contribution in [2.45, 2.75) is 31.7 Å². The number of urea groups is 1. The van der Waals surface area contributed by atoms with Crippen molar-refractivity contribution in [1.82, 2.24) is 20.0 Å². The summed E-state index contributed by atoms with van der Waals surface area (Å²) < 4.78 is 14.2. The van der Waals surface area contributed by atoms with Crippen molar-refractivity contribution in [2.24, 2.45) is 0 Å². The Kier molecular flexibility index (Phi) is 6.50. The van der Waals surface area contributed by atoms with E-state index in [4.69, 9.17) is 0 Å². The zero-order valence-electron chi connectivity index (χ0n) is 16.8. The quantitative estimate of drug-likeness (QED) is 0.832. The van der Waals surface area contributed by atoms with Gasteiger partial charge < -0.3 is 15.1 Å². The molecule has 0 radical (unpaired) electrons. The van der Waals surface area contributed by atoms with Gasteiger partial charge in [0.2, 0.25) is 5.91 Å². The topological polar surface area (TPSA) is 55.9 Å². The van der Waals surface area contributed by atoms with Gasteiger partial charge in [0.05, 0.1) is 5.75 Å². The standard InChI is InChI=1S/C20H29FN4O2S/c1-20(2,3)22-19(27)24-11-8-23(9-12-24)10-13-25-17(26)14-28-18(25)15-6-4-5-7-16(15)21/h4-7,18H,8-14H2,1-3H3,(H,22,27)/t18-/m1/s1. The first-order valence-electron chi connectivity index (χ1n) is 9.69. The van der Waals surface area contributed by atoms with Gasteiger partial charge in [0, 0.05) is 50.4 Å². The van der Waals surface area contributed by atoms with Gasteiger partial charge >= 0.3 is 6.03 Å². The van der Waals surface area contributed by atoms with Crippen LogP contribution in [0.5, 0.6) is 0 Å². The smallest absolute Gasteiger partial charge is 0.317 e. The number of carbonyl (C=O) groups excluding carboxylic acids is 2. The highest BCUT2D eigenvalue weighted by molar-refractivity contribution is 8.00. The Balaban J connectivity index is 1.51. The van der Waals surface area contributed by atoms with Crippen LogP contribution in [0.2, 0.25) is 0 Å². The molecule has 2 saturated heterocycles. The van der Waals surface area contributed by atoms with Crippen LogP contribution in [0.4, 0.5) is 9.18 Å². The lowest BCUT2D eigenvalue weighted by atomic mass is 10.1. The molecule has 0 unspecified atom stereocenters. The van der Waals surface area contributed by atoms with Gasteiger partial charge in [0.15, 0.2) is 0 Å². The van der Waals surface area contributed by atoms with Gasteiger partial charge in [-0.1, -0.05) is 18.2 Å². The fourth-order valence-corrected chi connectivity index (χ4v) is 4.69. The molecule has 1 aromatic carbocycles. The molecule has 3 rings (SSSR count). The number of hydrogen-bond acceptors (Lipinski definition) is 4. The van der Waals surface area contributed by atoms with Gasteiger partial charge in [0.1, 0.15) is 11.2 Å². The molecule has 1 N–H and O–H groups in total. The number of rotatable bonds is 4. The average Bonchev–Trinajstić information content (AvgIpc) is 3.00. The Morgan fingerprint density at radius 3 is 2.50 bits per heavy atom. The summed E-state index contributed by atoms with van der Waals surface area (Å²) >= 11 is 1.48. The molecule has 2 aliphatic rings. The van der Waals surface area contributed by atoms with E-state index in [0.29, 0.717) is 31.0 Å². The molecule has 2 aliphatic heterocycles. The number of nitrogens with zero attached hydrogens (tertiary/aromatic N) is 3. The lowest BCUT2D eigenvalue weighted by Gasteiger charge is -2.37. The van der Waals surface area contributed by atoms with E-state index in [1.54, 1.807) is 17.0 Å². The Labute approximate surface area is 170 Å². The fourth-order valence-electron chi connectivity index (χ4n) is 3.45. The first-order valence-corrected chi connectivity index (χ1v) is 10.7. The summed E-state index contributed by atoms with van der Waals surface area (Å²) in [5.41, 5.74) is 0.325. The molecule has 1 aromatic rings. The van der Waals surface area contributed by atoms with Crippen molar-refractivity contribution < 1.29 is 14.0 Å². The van der Waals surface area contributed by atoms with Crippen LogP contribution in [-0.4, -0.2) is 77.2 Å². The Morgan fingerprint density at radius 2 is 1.86 bits per heavy atom. The van der Waals surface area contributed by atoms with E-state index in [9.17, 15) is 14.0 Å². The molecule has 3 amide bonds. The van der Waals surface area contributed by atoms with Crippen LogP contribution < -0.4 is 5.32 Å². The third-order valence-corrected chi connectivity index (χ3v) is 6.18. The number of nitrogens with one attached hydrogen (secondary N) is 1. The second-order valence-corrected chi connectivity index (χ2v) is 9.35. The number of hydrogen-bond donors (Lipinski definition) is 1. The largest absolute Gasteiger partial charge is 0.333 e. The van der Waals surface area contributed by atoms with E-state index in [1.165, 1.54) is 17.8 Å². The molecule has 8 heteroatoms. The minimum atomic E-state index is -0.266. The van der Waals surface area contributed by atoms with Gasteiger partial charge in [-0.3, -0.25) is 9.69 Å². The normalized spacial score (nSPS) is 21.3. The van der Waals surface area contributed by atoms with Gasteiger partial charge in [-0.15, -0.1) is 11.8 Å². The van der Waals surface area contributed by atoms with Crippen molar-refractivity contribution in [2.75, 3.05) is 45.0 Å². The number of amides is 3. The summed E-state index contributed by atoms with van der Waals surface area (Å²) in [6.45, 7) is 10.1. The van der Waals surface area contributed by atoms with E-state index in [-0.39, 0.29) is 28.7 Å². The molecular formula is C20H29FN4O2S. The molecular weight excluding hydrogens is 379 g/mol. The predicted octanol–water partition coefficient (Wildman–Crippen LogP) is 2.53. The molecule has 154 valence electrons. The van der Waals surface area contributed by atoms with Gasteiger partial charge in [-0.05, 0) is 26.8 Å². The van der Waals surface area contributed by atoms with E-state index in [0.717, 1.165) is 19.6 Å². The highest BCUT2D eigenvalue weighted by atomic mass is 32.2. The molecule has 0 saturated carbocycles. The second kappa shape index (κ2) is 8.69. The molecule has 0 spiro atoms. The van der Waals surface area contributed by atoms with Crippen LogP contribution in [0.3, 0.4) is 0 Å². The van der Waals surface area contributed by atoms with Crippen molar-refractivity contribution in [3.05, 3.63) is 35.6 Å². The molecule has 0 bridgehead atoms. The van der Waals surface area contributed by atoms with Crippen molar-refractivity contribution in [1.29, 1.82) is 0 Å². The molecule has 0 aromatic heterocycles. The van der Waals surface area contributed by atoms with Crippen molar-refractivity contribution in [3.63, 3.8) is 0 Å². The molecule has 2 heterocycles. The van der Waals surface area contributed by atoms with Crippen molar-refractivity contribution >= 4 is 23.7 Å². The van der Waals surface area contributed by atoms with E-state index >= 15 is 0 Å². The van der Waals surface area contributed by atoms with E-state index in [1.807, 2.05) is 31.7 Å². The van der Waals surface area contributed by atoms with Gasteiger partial charge in [0.25, 0.3) is 0 Å². The first-order chi connectivity index (χ1) is 13.2. The summed E-state index contributed by atoms with van der Waals surface area (Å²) in [7, 11) is 0. The van der Waals surface area contributed by atoms with E-state index in [2.05, 4.69) is 10.2 Å². The minimum absolute atomic E-state index is 0.0297. The lowest BCUT2D eigenvalue weighted by molar-refractivity contribution is -0.128. The third-order valence-electron chi connectivity index (χ3n) is 4.94. The SMILES string of the molecule is CC(C)(C)NC(=O)N1CCN(CCN2C(=O)CS[C@@H]2c2ccccc2F)CC1. The molecule has 0 aliphatic carbocycles. The third kappa shape index (κ3) is 5.17. The maximum Gasteiger partial charge on any atom is 0.317 e. The highest BCUT2D eigenvalue weighted by Gasteiger charge is 2.34. The summed E-state index contributed by atoms with van der Waals surface area (Å²) in [6, 6.07) is 6.64. The highest BCUT2D eigenvalue weighted by Crippen LogP contribution is 2.39. The molecule has 28 heavy (non-hydrogen) atoms. The molecule has 1 atom stereocenters. The summed E-state index contributed by atoms with van der Waals surface area (Å²) in [5, 5.41) is 2.74. The minimum Gasteiger partial charge on any atom is -0.333 e. The van der Waals surface area contributed by atoms with Crippen LogP contribution in [0.25, 0.3) is 0 Å². The predicted molar refractivity (Wildman–Crippen MR) is 110 cm³/mol. The first kappa shape index (κ1) is 20.9. The summed E-state index contributed by atoms with van der Waals surface area (Å²) in [5.74, 6) is 0.180. The Bertz CT molecular complexity index is 716. The number of halogens is 1. The van der Waals surface area contributed by atoms with E-state index < -0.39 is 0 Å². The Morgan fingerprint density at radius 1 is 1.18 bits per heavy atom. The maximum atomic E-state index is 14.2. The zero-order chi connectivity index (χ0) is 20.3. The Hall–Kier alpha value is -1.80. The average molecular weight is 409 g/mol. The second-order valence-electron chi connectivity index (χ2n) is 8.28. The van der Waals surface area contributed by atoms with Crippen LogP contribution in [-0.2, 0) is 4.79 Å². The zero-order valence-corrected chi connectivity index (χ0v) is 17.6. The van der Waals surface area contributed by atoms with Crippen LogP contribution >= 0.6 is 11.8 Å². The number of piperazine rings is 1. The summed E-state index contributed by atoms with van der Waals surface area (Å²) in [6.07, 6.45) is 0. The lowest BCUT2D eigenvalue weighted by Crippen LogP contribution is -2.55.